The Balaban J connectivity index is 1.90. The molecule has 0 radical (unpaired) electrons. The average molecular weight is 279 g/mol. The summed E-state index contributed by atoms with van der Waals surface area (Å²) in [4.78, 5) is 15.5. The Bertz CT molecular complexity index is 430. The molecule has 0 spiro atoms. The van der Waals surface area contributed by atoms with Crippen molar-refractivity contribution in [1.29, 1.82) is 0 Å². The van der Waals surface area contributed by atoms with Gasteiger partial charge < -0.3 is 5.11 Å². The molecule has 19 heavy (non-hydrogen) atoms. The number of aliphatic hydroxyl groups excluding tert-OH is 1. The first kappa shape index (κ1) is 14.6. The summed E-state index contributed by atoms with van der Waals surface area (Å²) >= 11 is 1.68. The third-order valence-electron chi connectivity index (χ3n) is 3.77. The first-order chi connectivity index (χ1) is 9.10. The quantitative estimate of drug-likeness (QED) is 0.663. The van der Waals surface area contributed by atoms with Crippen molar-refractivity contribution < 1.29 is 9.90 Å². The molecule has 0 bridgehead atoms. The van der Waals surface area contributed by atoms with Crippen LogP contribution in [0.5, 0.6) is 0 Å². The highest BCUT2D eigenvalue weighted by Crippen LogP contribution is 2.20. The van der Waals surface area contributed by atoms with Gasteiger partial charge in [0.15, 0.2) is 5.78 Å². The van der Waals surface area contributed by atoms with Crippen LogP contribution in [0, 0.1) is 5.92 Å². The average Bonchev–Trinajstić information content (AvgIpc) is 2.87. The van der Waals surface area contributed by atoms with Crippen LogP contribution in [0.4, 0.5) is 0 Å². The minimum Gasteiger partial charge on any atom is -0.393 e. The normalized spacial score (nSPS) is 21.5. The van der Waals surface area contributed by atoms with Crippen LogP contribution in [0.25, 0.3) is 0 Å². The van der Waals surface area contributed by atoms with Crippen LogP contribution in [-0.2, 0) is 0 Å². The Labute approximate surface area is 119 Å². The van der Waals surface area contributed by atoms with Crippen molar-refractivity contribution >= 4 is 17.5 Å². The van der Waals surface area contributed by atoms with Gasteiger partial charge in [0.25, 0.3) is 0 Å². The highest BCUT2D eigenvalue weighted by atomic mass is 32.2. The fourth-order valence-corrected chi connectivity index (χ4v) is 2.88. The van der Waals surface area contributed by atoms with E-state index in [1.54, 1.807) is 11.8 Å². The Hall–Kier alpha value is -0.840. The zero-order valence-corrected chi connectivity index (χ0v) is 12.3. The van der Waals surface area contributed by atoms with Gasteiger partial charge in [0.05, 0.1) is 12.6 Å². The van der Waals surface area contributed by atoms with E-state index in [2.05, 4.69) is 4.90 Å². The number of hydrogen-bond acceptors (Lipinski definition) is 4. The van der Waals surface area contributed by atoms with Gasteiger partial charge in [-0.05, 0) is 44.2 Å². The summed E-state index contributed by atoms with van der Waals surface area (Å²) < 4.78 is 0. The second kappa shape index (κ2) is 6.55. The van der Waals surface area contributed by atoms with Crippen molar-refractivity contribution in [1.82, 2.24) is 4.90 Å². The van der Waals surface area contributed by atoms with Crippen LogP contribution in [0.1, 0.15) is 23.7 Å². The third-order valence-corrected chi connectivity index (χ3v) is 4.51. The molecule has 0 amide bonds. The van der Waals surface area contributed by atoms with Gasteiger partial charge in [-0.3, -0.25) is 9.69 Å². The summed E-state index contributed by atoms with van der Waals surface area (Å²) in [5, 5.41) is 9.56. The van der Waals surface area contributed by atoms with Crippen molar-refractivity contribution in [3.8, 4) is 0 Å². The Morgan fingerprint density at radius 1 is 1.47 bits per heavy atom. The van der Waals surface area contributed by atoms with Gasteiger partial charge in [-0.25, -0.2) is 0 Å². The number of likely N-dealkylation sites (tertiary alicyclic amines) is 1. The summed E-state index contributed by atoms with van der Waals surface area (Å²) in [5.74, 6) is 0.477. The lowest BCUT2D eigenvalue weighted by Gasteiger charge is -2.16. The van der Waals surface area contributed by atoms with Crippen LogP contribution in [0.2, 0.25) is 0 Å². The number of carbonyl (C=O) groups excluding carboxylic acids is 1. The van der Waals surface area contributed by atoms with E-state index < -0.39 is 0 Å². The molecule has 1 aromatic rings. The number of hydrogen-bond donors (Lipinski definition) is 1. The number of nitrogens with zero attached hydrogens (tertiary/aromatic N) is 1. The van der Waals surface area contributed by atoms with Gasteiger partial charge in [-0.1, -0.05) is 12.1 Å². The van der Waals surface area contributed by atoms with Crippen LogP contribution >= 0.6 is 11.8 Å². The third kappa shape index (κ3) is 3.81. The number of aliphatic hydroxyl groups is 1. The molecular weight excluding hydrogens is 258 g/mol. The molecule has 2 rings (SSSR count). The van der Waals surface area contributed by atoms with E-state index in [1.165, 1.54) is 4.90 Å². The highest BCUT2D eigenvalue weighted by Gasteiger charge is 2.27. The second-order valence-corrected chi connectivity index (χ2v) is 6.06. The molecular formula is C15H21NO2S. The minimum absolute atomic E-state index is 0.166. The van der Waals surface area contributed by atoms with Gasteiger partial charge >= 0.3 is 0 Å². The van der Waals surface area contributed by atoms with Gasteiger partial charge in [-0.15, -0.1) is 11.8 Å². The van der Waals surface area contributed by atoms with Gasteiger partial charge in [-0.2, -0.15) is 0 Å². The van der Waals surface area contributed by atoms with Gasteiger partial charge in [0.2, 0.25) is 0 Å². The van der Waals surface area contributed by atoms with Crippen molar-refractivity contribution in [2.75, 3.05) is 25.9 Å². The van der Waals surface area contributed by atoms with Crippen LogP contribution in [-0.4, -0.2) is 47.8 Å². The largest absolute Gasteiger partial charge is 0.393 e. The van der Waals surface area contributed by atoms with Crippen molar-refractivity contribution in [2.45, 2.75) is 24.3 Å². The number of carbonyl (C=O) groups is 1. The fraction of sp³-hybridized carbons (Fsp3) is 0.533. The van der Waals surface area contributed by atoms with Crippen molar-refractivity contribution in [2.24, 2.45) is 5.92 Å². The molecule has 0 aromatic heterocycles. The summed E-state index contributed by atoms with van der Waals surface area (Å²) in [5.41, 5.74) is 0.776. The Morgan fingerprint density at radius 2 is 2.16 bits per heavy atom. The second-order valence-electron chi connectivity index (χ2n) is 5.18. The fourth-order valence-electron chi connectivity index (χ4n) is 2.47. The lowest BCUT2D eigenvalue weighted by atomic mass is 10.0. The SMILES string of the molecule is CSc1ccc(C(=O)CN2CCC(C(C)O)C2)cc1. The summed E-state index contributed by atoms with van der Waals surface area (Å²) in [6, 6.07) is 7.77. The molecule has 1 aliphatic rings. The number of benzene rings is 1. The van der Waals surface area contributed by atoms with Crippen LogP contribution in [0.3, 0.4) is 0 Å². The Morgan fingerprint density at radius 3 is 2.68 bits per heavy atom. The summed E-state index contributed by atoms with van der Waals surface area (Å²) in [6.45, 7) is 4.02. The lowest BCUT2D eigenvalue weighted by Crippen LogP contribution is -2.29. The lowest BCUT2D eigenvalue weighted by molar-refractivity contribution is 0.0925. The van der Waals surface area contributed by atoms with E-state index in [1.807, 2.05) is 37.4 Å². The van der Waals surface area contributed by atoms with Crippen LogP contribution in [0.15, 0.2) is 29.2 Å². The van der Waals surface area contributed by atoms with Crippen molar-refractivity contribution in [3.05, 3.63) is 29.8 Å². The molecule has 4 heteroatoms. The number of thioether (sulfide) groups is 1. The smallest absolute Gasteiger partial charge is 0.176 e. The van der Waals surface area contributed by atoms with Gasteiger partial charge in [0.1, 0.15) is 0 Å². The molecule has 1 N–H and O–H groups in total. The molecule has 1 saturated heterocycles. The standard InChI is InChI=1S/C15H21NO2S/c1-11(17)13-7-8-16(9-13)10-15(18)12-3-5-14(19-2)6-4-12/h3-6,11,13,17H,7-10H2,1-2H3. The van der Waals surface area contributed by atoms with E-state index in [-0.39, 0.29) is 11.9 Å². The van der Waals surface area contributed by atoms with Gasteiger partial charge in [0, 0.05) is 17.0 Å². The molecule has 2 unspecified atom stereocenters. The summed E-state index contributed by atoms with van der Waals surface area (Å²) in [7, 11) is 0. The zero-order chi connectivity index (χ0) is 13.8. The molecule has 1 aliphatic heterocycles. The molecule has 0 saturated carbocycles. The first-order valence-electron chi connectivity index (χ1n) is 6.68. The zero-order valence-electron chi connectivity index (χ0n) is 11.5. The van der Waals surface area contributed by atoms with E-state index in [0.717, 1.165) is 25.1 Å². The highest BCUT2D eigenvalue weighted by molar-refractivity contribution is 7.98. The number of rotatable bonds is 5. The topological polar surface area (TPSA) is 40.5 Å². The molecule has 0 aliphatic carbocycles. The summed E-state index contributed by atoms with van der Waals surface area (Å²) in [6.07, 6.45) is 2.73. The van der Waals surface area contributed by atoms with E-state index in [9.17, 15) is 9.90 Å². The van der Waals surface area contributed by atoms with E-state index >= 15 is 0 Å². The first-order valence-corrected chi connectivity index (χ1v) is 7.90. The molecule has 2 atom stereocenters. The monoisotopic (exact) mass is 279 g/mol. The number of ketones is 1. The number of Topliss-reactive ketones (excluding diaryl/α,β-unsaturated/α-hetero) is 1. The minimum atomic E-state index is -0.277. The predicted molar refractivity (Wildman–Crippen MR) is 78.8 cm³/mol. The molecule has 1 heterocycles. The van der Waals surface area contributed by atoms with E-state index in [4.69, 9.17) is 0 Å². The van der Waals surface area contributed by atoms with Crippen molar-refractivity contribution in [3.63, 3.8) is 0 Å². The Kier molecular flexibility index (Phi) is 5.02. The maximum Gasteiger partial charge on any atom is 0.176 e. The van der Waals surface area contributed by atoms with Crippen LogP contribution < -0.4 is 0 Å². The molecule has 1 aromatic carbocycles. The molecule has 1 fully saturated rings. The maximum absolute atomic E-state index is 12.2. The maximum atomic E-state index is 12.2. The van der Waals surface area contributed by atoms with E-state index in [0.29, 0.717) is 12.5 Å². The molecule has 3 nitrogen and oxygen atoms in total. The predicted octanol–water partition coefficient (Wildman–Crippen LogP) is 2.29. The molecule has 104 valence electrons.